The number of hydrogen-bond donors (Lipinski definition) is 2. The number of amides is 1. The van der Waals surface area contributed by atoms with Crippen molar-refractivity contribution in [2.75, 3.05) is 6.54 Å². The zero-order valence-electron chi connectivity index (χ0n) is 12.6. The van der Waals surface area contributed by atoms with Gasteiger partial charge in [-0.1, -0.05) is 38.0 Å². The first kappa shape index (κ1) is 16.5. The summed E-state index contributed by atoms with van der Waals surface area (Å²) in [6.45, 7) is 6.34. The highest BCUT2D eigenvalue weighted by Gasteiger charge is 2.16. The fourth-order valence-electron chi connectivity index (χ4n) is 1.97. The Bertz CT molecular complexity index is 432. The van der Waals surface area contributed by atoms with Gasteiger partial charge in [-0.2, -0.15) is 0 Å². The SMILES string of the molecule is CCCCCNC(=O)C(C)Oc1c(C)cccc1CO. The van der Waals surface area contributed by atoms with Crippen LogP contribution in [0, 0.1) is 6.92 Å². The van der Waals surface area contributed by atoms with E-state index >= 15 is 0 Å². The molecule has 4 heteroatoms. The van der Waals surface area contributed by atoms with Gasteiger partial charge in [0, 0.05) is 12.1 Å². The van der Waals surface area contributed by atoms with E-state index in [4.69, 9.17) is 4.74 Å². The van der Waals surface area contributed by atoms with Gasteiger partial charge in [0.2, 0.25) is 0 Å². The van der Waals surface area contributed by atoms with Gasteiger partial charge in [-0.3, -0.25) is 4.79 Å². The summed E-state index contributed by atoms with van der Waals surface area (Å²) in [4.78, 5) is 11.9. The second-order valence-corrected chi connectivity index (χ2v) is 4.98. The second kappa shape index (κ2) is 8.59. The van der Waals surface area contributed by atoms with Crippen LogP contribution in [0.1, 0.15) is 44.2 Å². The van der Waals surface area contributed by atoms with Gasteiger partial charge < -0.3 is 15.2 Å². The van der Waals surface area contributed by atoms with Gasteiger partial charge in [0.15, 0.2) is 6.10 Å². The molecule has 1 aromatic rings. The lowest BCUT2D eigenvalue weighted by molar-refractivity contribution is -0.127. The summed E-state index contributed by atoms with van der Waals surface area (Å²) < 4.78 is 5.71. The Morgan fingerprint density at radius 2 is 2.15 bits per heavy atom. The Morgan fingerprint density at radius 3 is 2.80 bits per heavy atom. The summed E-state index contributed by atoms with van der Waals surface area (Å²) in [6.07, 6.45) is 2.66. The molecule has 0 aliphatic rings. The number of nitrogens with one attached hydrogen (secondary N) is 1. The number of aryl methyl sites for hydroxylation is 1. The number of rotatable bonds is 8. The van der Waals surface area contributed by atoms with Crippen molar-refractivity contribution in [3.63, 3.8) is 0 Å². The molecule has 1 rings (SSSR count). The second-order valence-electron chi connectivity index (χ2n) is 4.98. The van der Waals surface area contributed by atoms with E-state index in [1.807, 2.05) is 19.1 Å². The summed E-state index contributed by atoms with van der Waals surface area (Å²) >= 11 is 0. The number of hydrogen-bond acceptors (Lipinski definition) is 3. The molecule has 20 heavy (non-hydrogen) atoms. The largest absolute Gasteiger partial charge is 0.480 e. The van der Waals surface area contributed by atoms with Crippen molar-refractivity contribution in [3.8, 4) is 5.75 Å². The molecule has 1 unspecified atom stereocenters. The van der Waals surface area contributed by atoms with Crippen molar-refractivity contribution in [2.45, 2.75) is 52.7 Å². The molecule has 0 fully saturated rings. The van der Waals surface area contributed by atoms with Crippen molar-refractivity contribution in [3.05, 3.63) is 29.3 Å². The van der Waals surface area contributed by atoms with Crippen LogP contribution < -0.4 is 10.1 Å². The Labute approximate surface area is 121 Å². The third-order valence-electron chi connectivity index (χ3n) is 3.21. The molecule has 0 saturated heterocycles. The van der Waals surface area contributed by atoms with Crippen LogP contribution in [0.3, 0.4) is 0 Å². The fraction of sp³-hybridized carbons (Fsp3) is 0.562. The molecular weight excluding hydrogens is 254 g/mol. The molecule has 0 aromatic heterocycles. The number of carbonyl (C=O) groups is 1. The molecule has 1 aromatic carbocycles. The molecule has 0 bridgehead atoms. The van der Waals surface area contributed by atoms with Crippen molar-refractivity contribution in [1.29, 1.82) is 0 Å². The Morgan fingerprint density at radius 1 is 1.40 bits per heavy atom. The Balaban J connectivity index is 2.57. The molecule has 0 heterocycles. The highest BCUT2D eigenvalue weighted by molar-refractivity contribution is 5.80. The minimum atomic E-state index is -0.567. The average Bonchev–Trinajstić information content (AvgIpc) is 2.45. The van der Waals surface area contributed by atoms with Gasteiger partial charge in [-0.15, -0.1) is 0 Å². The van der Waals surface area contributed by atoms with Gasteiger partial charge in [-0.05, 0) is 25.8 Å². The maximum absolute atomic E-state index is 11.9. The number of aliphatic hydroxyl groups excluding tert-OH is 1. The first-order valence-electron chi connectivity index (χ1n) is 7.23. The first-order chi connectivity index (χ1) is 9.60. The summed E-state index contributed by atoms with van der Waals surface area (Å²) in [6, 6.07) is 5.57. The smallest absolute Gasteiger partial charge is 0.260 e. The minimum absolute atomic E-state index is 0.0954. The van der Waals surface area contributed by atoms with E-state index in [0.717, 1.165) is 24.8 Å². The van der Waals surface area contributed by atoms with E-state index in [0.29, 0.717) is 17.9 Å². The molecule has 0 saturated carbocycles. The predicted molar refractivity (Wildman–Crippen MR) is 79.7 cm³/mol. The van der Waals surface area contributed by atoms with Crippen molar-refractivity contribution >= 4 is 5.91 Å². The minimum Gasteiger partial charge on any atom is -0.480 e. The quantitative estimate of drug-likeness (QED) is 0.719. The zero-order chi connectivity index (χ0) is 15.0. The van der Waals surface area contributed by atoms with Crippen LogP contribution in [0.2, 0.25) is 0 Å². The van der Waals surface area contributed by atoms with Crippen molar-refractivity contribution < 1.29 is 14.6 Å². The van der Waals surface area contributed by atoms with Crippen molar-refractivity contribution in [1.82, 2.24) is 5.32 Å². The third kappa shape index (κ3) is 4.85. The van der Waals surface area contributed by atoms with E-state index in [9.17, 15) is 9.90 Å². The summed E-state index contributed by atoms with van der Waals surface area (Å²) in [5.41, 5.74) is 1.62. The van der Waals surface area contributed by atoms with Gasteiger partial charge >= 0.3 is 0 Å². The van der Waals surface area contributed by atoms with E-state index in [-0.39, 0.29) is 12.5 Å². The van der Waals surface area contributed by atoms with E-state index < -0.39 is 6.10 Å². The van der Waals surface area contributed by atoms with Crippen LogP contribution in [0.4, 0.5) is 0 Å². The normalized spacial score (nSPS) is 12.0. The van der Waals surface area contributed by atoms with E-state index in [2.05, 4.69) is 12.2 Å². The summed E-state index contributed by atoms with van der Waals surface area (Å²) in [5, 5.41) is 12.2. The van der Waals surface area contributed by atoms with Crippen LogP contribution >= 0.6 is 0 Å². The molecular formula is C16H25NO3. The van der Waals surface area contributed by atoms with E-state index in [1.165, 1.54) is 0 Å². The highest BCUT2D eigenvalue weighted by atomic mass is 16.5. The van der Waals surface area contributed by atoms with E-state index in [1.54, 1.807) is 13.0 Å². The molecule has 0 aliphatic heterocycles. The van der Waals surface area contributed by atoms with Crippen LogP contribution in [0.25, 0.3) is 0 Å². The Hall–Kier alpha value is -1.55. The lowest BCUT2D eigenvalue weighted by Gasteiger charge is -2.18. The van der Waals surface area contributed by atoms with Gasteiger partial charge in [-0.25, -0.2) is 0 Å². The highest BCUT2D eigenvalue weighted by Crippen LogP contribution is 2.24. The number of benzene rings is 1. The average molecular weight is 279 g/mol. The molecule has 0 aliphatic carbocycles. The van der Waals surface area contributed by atoms with Gasteiger partial charge in [0.1, 0.15) is 5.75 Å². The number of para-hydroxylation sites is 1. The topological polar surface area (TPSA) is 58.6 Å². The molecule has 4 nitrogen and oxygen atoms in total. The van der Waals surface area contributed by atoms with Crippen LogP contribution in [-0.2, 0) is 11.4 Å². The number of unbranched alkanes of at least 4 members (excludes halogenated alkanes) is 2. The van der Waals surface area contributed by atoms with Gasteiger partial charge in [0.05, 0.1) is 6.61 Å². The number of carbonyl (C=O) groups excluding carboxylic acids is 1. The lowest BCUT2D eigenvalue weighted by Crippen LogP contribution is -2.37. The molecule has 0 radical (unpaired) electrons. The Kier molecular flexibility index (Phi) is 7.09. The predicted octanol–water partition coefficient (Wildman–Crippen LogP) is 2.56. The lowest BCUT2D eigenvalue weighted by atomic mass is 10.1. The number of aliphatic hydroxyl groups is 1. The molecule has 1 amide bonds. The van der Waals surface area contributed by atoms with Crippen LogP contribution in [0.15, 0.2) is 18.2 Å². The zero-order valence-corrected chi connectivity index (χ0v) is 12.6. The van der Waals surface area contributed by atoms with Crippen LogP contribution in [-0.4, -0.2) is 23.7 Å². The van der Waals surface area contributed by atoms with Crippen molar-refractivity contribution in [2.24, 2.45) is 0 Å². The summed E-state index contributed by atoms with van der Waals surface area (Å²) in [7, 11) is 0. The maximum Gasteiger partial charge on any atom is 0.260 e. The molecule has 2 N–H and O–H groups in total. The monoisotopic (exact) mass is 279 g/mol. The molecule has 1 atom stereocenters. The molecule has 112 valence electrons. The fourth-order valence-corrected chi connectivity index (χ4v) is 1.97. The number of ether oxygens (including phenoxy) is 1. The molecule has 0 spiro atoms. The standard InChI is InChI=1S/C16H25NO3/c1-4-5-6-10-17-16(19)13(3)20-15-12(2)8-7-9-14(15)11-18/h7-9,13,18H,4-6,10-11H2,1-3H3,(H,17,19). The third-order valence-corrected chi connectivity index (χ3v) is 3.21. The first-order valence-corrected chi connectivity index (χ1v) is 7.23. The van der Waals surface area contributed by atoms with Crippen LogP contribution in [0.5, 0.6) is 5.75 Å². The summed E-state index contributed by atoms with van der Waals surface area (Å²) in [5.74, 6) is 0.486. The maximum atomic E-state index is 11.9. The van der Waals surface area contributed by atoms with Gasteiger partial charge in [0.25, 0.3) is 5.91 Å².